The van der Waals surface area contributed by atoms with Gasteiger partial charge in [-0.1, -0.05) is 18.2 Å². The van der Waals surface area contributed by atoms with E-state index in [0.29, 0.717) is 11.1 Å². The van der Waals surface area contributed by atoms with Crippen molar-refractivity contribution in [3.05, 3.63) is 82.8 Å². The number of hydrogen-bond donors (Lipinski definition) is 1. The Bertz CT molecular complexity index is 1240. The summed E-state index contributed by atoms with van der Waals surface area (Å²) in [5.74, 6) is -0.133. The van der Waals surface area contributed by atoms with Gasteiger partial charge >= 0.3 is 11.9 Å². The zero-order chi connectivity index (χ0) is 21.3. The number of rotatable bonds is 4. The molecule has 0 spiro atoms. The molecule has 2 aromatic carbocycles. The predicted molar refractivity (Wildman–Crippen MR) is 104 cm³/mol. The third kappa shape index (κ3) is 3.75. The van der Waals surface area contributed by atoms with Crippen LogP contribution in [0.25, 0.3) is 22.2 Å². The lowest BCUT2D eigenvalue weighted by molar-refractivity contribution is -0.383. The van der Waals surface area contributed by atoms with Gasteiger partial charge in [0.25, 0.3) is 0 Å². The van der Waals surface area contributed by atoms with Gasteiger partial charge in [0.1, 0.15) is 6.33 Å². The summed E-state index contributed by atoms with van der Waals surface area (Å²) < 4.78 is 38.2. The second-order valence-electron chi connectivity index (χ2n) is 6.29. The molecule has 0 aliphatic heterocycles. The Balaban J connectivity index is 1.75. The largest absolute Gasteiger partial charge is 0.416 e. The SMILES string of the molecule is O=[N+]([O-])c1c(Nc2ccc(C(F)(F)F)cc2)ncnc1-c1ccc2cccnc2c1. The van der Waals surface area contributed by atoms with Crippen molar-refractivity contribution in [3.8, 4) is 11.3 Å². The minimum absolute atomic E-state index is 0.0666. The van der Waals surface area contributed by atoms with Gasteiger partial charge in [-0.2, -0.15) is 13.2 Å². The van der Waals surface area contributed by atoms with Crippen molar-refractivity contribution in [2.75, 3.05) is 5.32 Å². The molecule has 0 unspecified atom stereocenters. The Kier molecular flexibility index (Phi) is 4.74. The molecule has 0 amide bonds. The number of benzene rings is 2. The van der Waals surface area contributed by atoms with E-state index >= 15 is 0 Å². The molecule has 4 aromatic rings. The van der Waals surface area contributed by atoms with Gasteiger partial charge < -0.3 is 5.32 Å². The van der Waals surface area contributed by atoms with Gasteiger partial charge in [0.2, 0.25) is 5.82 Å². The van der Waals surface area contributed by atoms with Crippen LogP contribution in [0.1, 0.15) is 5.56 Å². The number of fused-ring (bicyclic) bond motifs is 1. The van der Waals surface area contributed by atoms with E-state index < -0.39 is 22.4 Å². The smallest absolute Gasteiger partial charge is 0.334 e. The minimum atomic E-state index is -4.48. The number of nitro groups is 1. The standard InChI is InChI=1S/C20H12F3N5O2/c21-20(22,23)14-5-7-15(8-6-14)27-19-18(28(29)30)17(25-11-26-19)13-4-3-12-2-1-9-24-16(12)10-13/h1-11H,(H,25,26,27). The lowest BCUT2D eigenvalue weighted by Gasteiger charge is -2.11. The van der Waals surface area contributed by atoms with Crippen molar-refractivity contribution in [1.82, 2.24) is 15.0 Å². The second-order valence-corrected chi connectivity index (χ2v) is 6.29. The lowest BCUT2D eigenvalue weighted by Crippen LogP contribution is -2.06. The van der Waals surface area contributed by atoms with Gasteiger partial charge in [0.05, 0.1) is 16.0 Å². The Morgan fingerprint density at radius 3 is 2.43 bits per heavy atom. The number of alkyl halides is 3. The van der Waals surface area contributed by atoms with Gasteiger partial charge in [-0.25, -0.2) is 9.97 Å². The van der Waals surface area contributed by atoms with Gasteiger partial charge in [-0.3, -0.25) is 15.1 Å². The molecule has 4 rings (SSSR count). The molecule has 10 heteroatoms. The van der Waals surface area contributed by atoms with Crippen LogP contribution < -0.4 is 5.32 Å². The Morgan fingerprint density at radius 2 is 1.73 bits per heavy atom. The molecule has 0 aliphatic rings. The van der Waals surface area contributed by atoms with Gasteiger partial charge in [0, 0.05) is 22.8 Å². The Labute approximate surface area is 167 Å². The molecule has 0 aliphatic carbocycles. The van der Waals surface area contributed by atoms with E-state index in [4.69, 9.17) is 0 Å². The minimum Gasteiger partial charge on any atom is -0.334 e. The van der Waals surface area contributed by atoms with Crippen molar-refractivity contribution < 1.29 is 18.1 Å². The molecule has 150 valence electrons. The summed E-state index contributed by atoms with van der Waals surface area (Å²) >= 11 is 0. The fourth-order valence-corrected chi connectivity index (χ4v) is 2.95. The van der Waals surface area contributed by atoms with Crippen LogP contribution in [0.2, 0.25) is 0 Å². The fraction of sp³-hybridized carbons (Fsp3) is 0.0500. The highest BCUT2D eigenvalue weighted by atomic mass is 19.4. The molecule has 2 aromatic heterocycles. The summed E-state index contributed by atoms with van der Waals surface area (Å²) in [4.78, 5) is 23.4. The van der Waals surface area contributed by atoms with E-state index in [1.54, 1.807) is 30.5 Å². The zero-order valence-corrected chi connectivity index (χ0v) is 15.1. The summed E-state index contributed by atoms with van der Waals surface area (Å²) in [5, 5.41) is 15.3. The van der Waals surface area contributed by atoms with E-state index in [2.05, 4.69) is 20.3 Å². The van der Waals surface area contributed by atoms with Crippen LogP contribution in [0.4, 0.5) is 30.4 Å². The molecule has 0 fully saturated rings. The normalized spacial score (nSPS) is 11.4. The van der Waals surface area contributed by atoms with Crippen molar-refractivity contribution in [2.45, 2.75) is 6.18 Å². The number of nitrogens with one attached hydrogen (secondary N) is 1. The third-order valence-corrected chi connectivity index (χ3v) is 4.36. The van der Waals surface area contributed by atoms with Gasteiger partial charge in [0.15, 0.2) is 5.69 Å². The predicted octanol–water partition coefficient (Wildman–Crippen LogP) is 5.36. The molecule has 0 saturated heterocycles. The summed E-state index contributed by atoms with van der Waals surface area (Å²) in [6.45, 7) is 0. The number of hydrogen-bond acceptors (Lipinski definition) is 6. The molecular weight excluding hydrogens is 399 g/mol. The summed E-state index contributed by atoms with van der Waals surface area (Å²) in [6, 6.07) is 12.9. The van der Waals surface area contributed by atoms with Crippen LogP contribution in [0, 0.1) is 10.1 Å². The van der Waals surface area contributed by atoms with E-state index in [1.165, 1.54) is 12.1 Å². The average Bonchev–Trinajstić information content (AvgIpc) is 2.73. The monoisotopic (exact) mass is 411 g/mol. The summed E-state index contributed by atoms with van der Waals surface area (Å²) in [6.07, 6.45) is -1.72. The van der Waals surface area contributed by atoms with Gasteiger partial charge in [-0.15, -0.1) is 0 Å². The van der Waals surface area contributed by atoms with Crippen LogP contribution in [-0.4, -0.2) is 19.9 Å². The third-order valence-electron chi connectivity index (χ3n) is 4.36. The van der Waals surface area contributed by atoms with Crippen LogP contribution >= 0.6 is 0 Å². The maximum absolute atomic E-state index is 12.7. The first-order chi connectivity index (χ1) is 14.3. The number of nitrogens with zero attached hydrogens (tertiary/aromatic N) is 4. The number of pyridine rings is 1. The quantitative estimate of drug-likeness (QED) is 0.359. The molecule has 0 bridgehead atoms. The summed E-state index contributed by atoms with van der Waals surface area (Å²) in [7, 11) is 0. The van der Waals surface area contributed by atoms with E-state index in [9.17, 15) is 23.3 Å². The number of anilines is 2. The molecule has 0 atom stereocenters. The van der Waals surface area contributed by atoms with Crippen molar-refractivity contribution in [2.24, 2.45) is 0 Å². The van der Waals surface area contributed by atoms with Crippen LogP contribution in [0.15, 0.2) is 67.1 Å². The molecule has 0 radical (unpaired) electrons. The van der Waals surface area contributed by atoms with Gasteiger partial charge in [-0.05, 0) is 36.4 Å². The molecular formula is C20H12F3N5O2. The van der Waals surface area contributed by atoms with Crippen LogP contribution in [-0.2, 0) is 6.18 Å². The van der Waals surface area contributed by atoms with E-state index in [1.807, 2.05) is 6.07 Å². The Morgan fingerprint density at radius 1 is 0.967 bits per heavy atom. The van der Waals surface area contributed by atoms with E-state index in [0.717, 1.165) is 23.8 Å². The van der Waals surface area contributed by atoms with Crippen LogP contribution in [0.5, 0.6) is 0 Å². The fourth-order valence-electron chi connectivity index (χ4n) is 2.95. The zero-order valence-electron chi connectivity index (χ0n) is 15.1. The first-order valence-electron chi connectivity index (χ1n) is 8.62. The first-order valence-corrected chi connectivity index (χ1v) is 8.62. The molecule has 1 N–H and O–H groups in total. The maximum Gasteiger partial charge on any atom is 0.416 e. The first kappa shape index (κ1) is 19.2. The second kappa shape index (κ2) is 7.39. The number of aromatic nitrogens is 3. The molecule has 7 nitrogen and oxygen atoms in total. The molecule has 2 heterocycles. The highest BCUT2D eigenvalue weighted by Crippen LogP contribution is 2.36. The lowest BCUT2D eigenvalue weighted by atomic mass is 10.1. The van der Waals surface area contributed by atoms with Crippen molar-refractivity contribution >= 4 is 28.1 Å². The van der Waals surface area contributed by atoms with Crippen LogP contribution in [0.3, 0.4) is 0 Å². The molecule has 0 saturated carbocycles. The average molecular weight is 411 g/mol. The number of halogens is 3. The van der Waals surface area contributed by atoms with E-state index in [-0.39, 0.29) is 17.2 Å². The topological polar surface area (TPSA) is 93.8 Å². The van der Waals surface area contributed by atoms with Crippen molar-refractivity contribution in [1.29, 1.82) is 0 Å². The highest BCUT2D eigenvalue weighted by Gasteiger charge is 2.30. The Hall–Kier alpha value is -4.08. The molecule has 30 heavy (non-hydrogen) atoms. The highest BCUT2D eigenvalue weighted by molar-refractivity contribution is 5.87. The maximum atomic E-state index is 12.7. The summed E-state index contributed by atoms with van der Waals surface area (Å²) in [5.41, 5.74) is 0.168. The van der Waals surface area contributed by atoms with Crippen molar-refractivity contribution in [3.63, 3.8) is 0 Å².